The molecule has 0 aliphatic rings. The Kier molecular flexibility index (Phi) is 5.34. The van der Waals surface area contributed by atoms with Crippen LogP contribution in [0.5, 0.6) is 0 Å². The minimum atomic E-state index is -0.500. The SMILES string of the molecule is CCC(CNC(=O)c1ccccc1C)(OC)c1ccccc1. The fourth-order valence-corrected chi connectivity index (χ4v) is 2.65. The third kappa shape index (κ3) is 3.37. The third-order valence-corrected chi connectivity index (χ3v) is 4.19. The molecule has 116 valence electrons. The number of amides is 1. The maximum Gasteiger partial charge on any atom is 0.251 e. The van der Waals surface area contributed by atoms with Crippen LogP contribution in [0.15, 0.2) is 54.6 Å². The van der Waals surface area contributed by atoms with Gasteiger partial charge in [-0.2, -0.15) is 0 Å². The number of aryl methyl sites for hydroxylation is 1. The average molecular weight is 297 g/mol. The number of rotatable bonds is 6. The van der Waals surface area contributed by atoms with Crippen LogP contribution < -0.4 is 5.32 Å². The van der Waals surface area contributed by atoms with Gasteiger partial charge < -0.3 is 10.1 Å². The third-order valence-electron chi connectivity index (χ3n) is 4.19. The zero-order valence-corrected chi connectivity index (χ0v) is 13.4. The molecule has 0 bridgehead atoms. The van der Waals surface area contributed by atoms with E-state index < -0.39 is 5.60 Å². The molecule has 1 atom stereocenters. The number of hydrogen-bond donors (Lipinski definition) is 1. The van der Waals surface area contributed by atoms with Crippen LogP contribution in [0.1, 0.15) is 34.8 Å². The summed E-state index contributed by atoms with van der Waals surface area (Å²) in [5.41, 5.74) is 2.25. The van der Waals surface area contributed by atoms with Crippen LogP contribution in [0.25, 0.3) is 0 Å². The van der Waals surface area contributed by atoms with Crippen LogP contribution in [0.4, 0.5) is 0 Å². The predicted octanol–water partition coefficient (Wildman–Crippen LogP) is 3.68. The normalized spacial score (nSPS) is 13.4. The number of hydrogen-bond acceptors (Lipinski definition) is 2. The maximum absolute atomic E-state index is 12.4. The molecule has 22 heavy (non-hydrogen) atoms. The molecule has 0 aromatic heterocycles. The van der Waals surface area contributed by atoms with Crippen molar-refractivity contribution in [2.75, 3.05) is 13.7 Å². The number of ether oxygens (including phenoxy) is 1. The summed E-state index contributed by atoms with van der Waals surface area (Å²) in [6, 6.07) is 17.6. The van der Waals surface area contributed by atoms with E-state index in [1.165, 1.54) is 0 Å². The standard InChI is InChI=1S/C19H23NO2/c1-4-19(22-3,16-11-6-5-7-12-16)14-20-18(21)17-13-9-8-10-15(17)2/h5-13H,4,14H2,1-3H3,(H,20,21). The van der Waals surface area contributed by atoms with Crippen molar-refractivity contribution in [3.8, 4) is 0 Å². The van der Waals surface area contributed by atoms with Gasteiger partial charge in [-0.15, -0.1) is 0 Å². The number of nitrogens with one attached hydrogen (secondary N) is 1. The van der Waals surface area contributed by atoms with Crippen LogP contribution >= 0.6 is 0 Å². The highest BCUT2D eigenvalue weighted by Crippen LogP contribution is 2.28. The zero-order valence-electron chi connectivity index (χ0n) is 13.4. The van der Waals surface area contributed by atoms with Crippen LogP contribution in [-0.2, 0) is 10.3 Å². The van der Waals surface area contributed by atoms with Gasteiger partial charge in [-0.1, -0.05) is 55.5 Å². The van der Waals surface area contributed by atoms with Crippen molar-refractivity contribution in [2.24, 2.45) is 0 Å². The summed E-state index contributed by atoms with van der Waals surface area (Å²) in [5.74, 6) is -0.0658. The molecule has 0 aliphatic carbocycles. The first kappa shape index (κ1) is 16.2. The number of benzene rings is 2. The monoisotopic (exact) mass is 297 g/mol. The summed E-state index contributed by atoms with van der Waals surface area (Å²) in [4.78, 5) is 12.4. The largest absolute Gasteiger partial charge is 0.372 e. The molecule has 3 nitrogen and oxygen atoms in total. The van der Waals surface area contributed by atoms with E-state index in [4.69, 9.17) is 4.74 Å². The Labute approximate surface area is 132 Å². The Hall–Kier alpha value is -2.13. The van der Waals surface area contributed by atoms with Gasteiger partial charge in [-0.05, 0) is 30.5 Å². The van der Waals surface area contributed by atoms with Gasteiger partial charge in [0.05, 0.1) is 6.54 Å². The summed E-state index contributed by atoms with van der Waals surface area (Å²) >= 11 is 0. The molecule has 2 aromatic carbocycles. The molecule has 0 aliphatic heterocycles. The smallest absolute Gasteiger partial charge is 0.251 e. The van der Waals surface area contributed by atoms with Gasteiger partial charge in [-0.3, -0.25) is 4.79 Å². The van der Waals surface area contributed by atoms with E-state index in [2.05, 4.69) is 12.2 Å². The van der Waals surface area contributed by atoms with E-state index in [1.54, 1.807) is 7.11 Å². The van der Waals surface area contributed by atoms with Gasteiger partial charge in [0.1, 0.15) is 5.60 Å². The fraction of sp³-hybridized carbons (Fsp3) is 0.316. The fourth-order valence-electron chi connectivity index (χ4n) is 2.65. The molecule has 1 N–H and O–H groups in total. The first-order valence-electron chi connectivity index (χ1n) is 7.57. The van der Waals surface area contributed by atoms with E-state index in [-0.39, 0.29) is 5.91 Å². The van der Waals surface area contributed by atoms with Crippen LogP contribution in [0.3, 0.4) is 0 Å². The molecule has 0 fully saturated rings. The Balaban J connectivity index is 2.16. The first-order valence-corrected chi connectivity index (χ1v) is 7.57. The van der Waals surface area contributed by atoms with Crippen LogP contribution in [0, 0.1) is 6.92 Å². The van der Waals surface area contributed by atoms with Gasteiger partial charge in [0, 0.05) is 12.7 Å². The summed E-state index contributed by atoms with van der Waals surface area (Å²) in [6.07, 6.45) is 0.779. The molecule has 0 heterocycles. The van der Waals surface area contributed by atoms with Crippen molar-refractivity contribution in [3.05, 3.63) is 71.3 Å². The second-order valence-corrected chi connectivity index (χ2v) is 5.42. The maximum atomic E-state index is 12.4. The number of methoxy groups -OCH3 is 1. The minimum absolute atomic E-state index is 0.0658. The summed E-state index contributed by atoms with van der Waals surface area (Å²) in [6.45, 7) is 4.45. The Morgan fingerprint density at radius 2 is 1.73 bits per heavy atom. The molecule has 0 radical (unpaired) electrons. The van der Waals surface area contributed by atoms with Crippen LogP contribution in [-0.4, -0.2) is 19.6 Å². The van der Waals surface area contributed by atoms with E-state index in [1.807, 2.05) is 61.5 Å². The van der Waals surface area contributed by atoms with Gasteiger partial charge in [0.15, 0.2) is 0 Å². The molecule has 3 heteroatoms. The average Bonchev–Trinajstić information content (AvgIpc) is 2.57. The molecule has 2 aromatic rings. The van der Waals surface area contributed by atoms with Crippen molar-refractivity contribution in [1.29, 1.82) is 0 Å². The van der Waals surface area contributed by atoms with E-state index in [0.29, 0.717) is 12.1 Å². The lowest BCUT2D eigenvalue weighted by Crippen LogP contribution is -2.42. The quantitative estimate of drug-likeness (QED) is 0.883. The molecule has 2 rings (SSSR count). The van der Waals surface area contributed by atoms with Gasteiger partial charge >= 0.3 is 0 Å². The molecule has 1 amide bonds. The van der Waals surface area contributed by atoms with E-state index in [0.717, 1.165) is 17.5 Å². The highest BCUT2D eigenvalue weighted by molar-refractivity contribution is 5.95. The molecular formula is C19H23NO2. The molecule has 0 saturated heterocycles. The summed E-state index contributed by atoms with van der Waals surface area (Å²) in [7, 11) is 1.69. The number of carbonyl (C=O) groups excluding carboxylic acids is 1. The predicted molar refractivity (Wildman–Crippen MR) is 88.9 cm³/mol. The van der Waals surface area contributed by atoms with E-state index >= 15 is 0 Å². The van der Waals surface area contributed by atoms with Crippen molar-refractivity contribution < 1.29 is 9.53 Å². The van der Waals surface area contributed by atoms with Gasteiger partial charge in [0.2, 0.25) is 0 Å². The Bertz CT molecular complexity index is 618. The second-order valence-electron chi connectivity index (χ2n) is 5.42. The van der Waals surface area contributed by atoms with Crippen LogP contribution in [0.2, 0.25) is 0 Å². The molecular weight excluding hydrogens is 274 g/mol. The van der Waals surface area contributed by atoms with Crippen molar-refractivity contribution >= 4 is 5.91 Å². The second kappa shape index (κ2) is 7.23. The first-order chi connectivity index (χ1) is 10.6. The van der Waals surface area contributed by atoms with Crippen molar-refractivity contribution in [2.45, 2.75) is 25.9 Å². The highest BCUT2D eigenvalue weighted by Gasteiger charge is 2.30. The Morgan fingerprint density at radius 3 is 2.32 bits per heavy atom. The highest BCUT2D eigenvalue weighted by atomic mass is 16.5. The van der Waals surface area contributed by atoms with Gasteiger partial charge in [-0.25, -0.2) is 0 Å². The lowest BCUT2D eigenvalue weighted by molar-refractivity contribution is -0.0164. The molecule has 0 spiro atoms. The molecule has 0 saturated carbocycles. The van der Waals surface area contributed by atoms with Crippen molar-refractivity contribution in [1.82, 2.24) is 5.32 Å². The lowest BCUT2D eigenvalue weighted by Gasteiger charge is -2.32. The minimum Gasteiger partial charge on any atom is -0.372 e. The zero-order chi connectivity index (χ0) is 16.0. The van der Waals surface area contributed by atoms with E-state index in [9.17, 15) is 4.79 Å². The van der Waals surface area contributed by atoms with Crippen molar-refractivity contribution in [3.63, 3.8) is 0 Å². The molecule has 1 unspecified atom stereocenters. The summed E-state index contributed by atoms with van der Waals surface area (Å²) < 4.78 is 5.77. The van der Waals surface area contributed by atoms with Gasteiger partial charge in [0.25, 0.3) is 5.91 Å². The summed E-state index contributed by atoms with van der Waals surface area (Å²) in [5, 5.41) is 3.02. The Morgan fingerprint density at radius 1 is 1.09 bits per heavy atom. The lowest BCUT2D eigenvalue weighted by atomic mass is 9.90. The number of carbonyl (C=O) groups is 1. The topological polar surface area (TPSA) is 38.3 Å².